The lowest BCUT2D eigenvalue weighted by Gasteiger charge is -2.32. The van der Waals surface area contributed by atoms with Gasteiger partial charge in [-0.1, -0.05) is 60.0 Å². The van der Waals surface area contributed by atoms with E-state index < -0.39 is 6.04 Å². The van der Waals surface area contributed by atoms with Gasteiger partial charge >= 0.3 is 0 Å². The highest BCUT2D eigenvalue weighted by Gasteiger charge is 2.35. The minimum atomic E-state index is -0.888. The summed E-state index contributed by atoms with van der Waals surface area (Å²) >= 11 is 0. The van der Waals surface area contributed by atoms with Crippen LogP contribution in [-0.2, 0) is 16.1 Å². The normalized spacial score (nSPS) is 14.4. The molecule has 1 aliphatic carbocycles. The highest BCUT2D eigenvalue weighted by molar-refractivity contribution is 6.01. The van der Waals surface area contributed by atoms with Gasteiger partial charge < -0.3 is 10.1 Å². The molecule has 190 valence electrons. The Morgan fingerprint density at radius 3 is 2.57 bits per heavy atom. The Morgan fingerprint density at radius 2 is 1.81 bits per heavy atom. The molecule has 0 spiro atoms. The second kappa shape index (κ2) is 10.8. The Hall–Kier alpha value is -4.20. The van der Waals surface area contributed by atoms with Crippen molar-refractivity contribution in [1.29, 1.82) is 0 Å². The van der Waals surface area contributed by atoms with Crippen molar-refractivity contribution in [3.8, 4) is 5.75 Å². The van der Waals surface area contributed by atoms with Gasteiger partial charge in [0.15, 0.2) is 0 Å². The Morgan fingerprint density at radius 1 is 1.05 bits per heavy atom. The number of benzene rings is 3. The third-order valence-electron chi connectivity index (χ3n) is 6.90. The second-order valence-corrected chi connectivity index (χ2v) is 9.50. The maximum atomic E-state index is 14.1. The molecule has 0 unspecified atom stereocenters. The van der Waals surface area contributed by atoms with E-state index in [1.54, 1.807) is 16.7 Å². The van der Waals surface area contributed by atoms with Crippen molar-refractivity contribution < 1.29 is 14.3 Å². The summed E-state index contributed by atoms with van der Waals surface area (Å²) in [6, 6.07) is 21.7. The maximum Gasteiger partial charge on any atom is 0.249 e. The van der Waals surface area contributed by atoms with Gasteiger partial charge in [-0.25, -0.2) is 4.68 Å². The fourth-order valence-corrected chi connectivity index (χ4v) is 4.96. The van der Waals surface area contributed by atoms with E-state index in [2.05, 4.69) is 15.6 Å². The summed E-state index contributed by atoms with van der Waals surface area (Å²) in [5.74, 6) is 0.140. The standard InChI is InChI=1S/C29H31N5O3/c1-20-14-16-23(17-15-20)34(27(35)19-33-26-13-6-5-12-25(26)31-32-33)28(21-8-7-11-24(18-21)37-2)29(36)30-22-9-3-4-10-22/h5-8,11-18,22,28H,3-4,9-10,19H2,1-2H3,(H,30,36)/t28-/m1/s1. The molecule has 0 bridgehead atoms. The SMILES string of the molecule is COc1cccc([C@H](C(=O)NC2CCCC2)N(C(=O)Cn2nnc3ccccc32)c2ccc(C)cc2)c1. The molecule has 37 heavy (non-hydrogen) atoms. The van der Waals surface area contributed by atoms with Crippen molar-refractivity contribution in [3.05, 3.63) is 83.9 Å². The van der Waals surface area contributed by atoms with E-state index in [9.17, 15) is 9.59 Å². The van der Waals surface area contributed by atoms with Gasteiger partial charge in [-0.2, -0.15) is 0 Å². The zero-order valence-corrected chi connectivity index (χ0v) is 21.1. The van der Waals surface area contributed by atoms with Crippen molar-refractivity contribution in [2.75, 3.05) is 12.0 Å². The van der Waals surface area contributed by atoms with Crippen LogP contribution in [0, 0.1) is 6.92 Å². The largest absolute Gasteiger partial charge is 0.497 e. The van der Waals surface area contributed by atoms with Crippen LogP contribution in [0.4, 0.5) is 5.69 Å². The van der Waals surface area contributed by atoms with Gasteiger partial charge in [0.25, 0.3) is 0 Å². The van der Waals surface area contributed by atoms with Crippen molar-refractivity contribution in [2.24, 2.45) is 0 Å². The molecule has 0 saturated heterocycles. The number of methoxy groups -OCH3 is 1. The lowest BCUT2D eigenvalue weighted by atomic mass is 10.0. The van der Waals surface area contributed by atoms with Gasteiger partial charge in [-0.15, -0.1) is 5.10 Å². The molecule has 3 aromatic carbocycles. The van der Waals surface area contributed by atoms with E-state index >= 15 is 0 Å². The van der Waals surface area contributed by atoms with Gasteiger partial charge in [0.1, 0.15) is 23.9 Å². The number of rotatable bonds is 8. The maximum absolute atomic E-state index is 14.1. The smallest absolute Gasteiger partial charge is 0.249 e. The molecular formula is C29H31N5O3. The van der Waals surface area contributed by atoms with E-state index in [0.717, 1.165) is 36.8 Å². The molecule has 4 aromatic rings. The number of carbonyl (C=O) groups excluding carboxylic acids is 2. The van der Waals surface area contributed by atoms with Crippen molar-refractivity contribution >= 4 is 28.5 Å². The summed E-state index contributed by atoms with van der Waals surface area (Å²) in [5.41, 5.74) is 3.84. The number of carbonyl (C=O) groups is 2. The first-order valence-electron chi connectivity index (χ1n) is 12.6. The molecule has 0 aliphatic heterocycles. The zero-order chi connectivity index (χ0) is 25.8. The molecule has 5 rings (SSSR count). The molecule has 1 aromatic heterocycles. The topological polar surface area (TPSA) is 89.4 Å². The molecule has 2 amide bonds. The highest BCUT2D eigenvalue weighted by atomic mass is 16.5. The molecule has 8 heteroatoms. The first-order chi connectivity index (χ1) is 18.0. The molecule has 1 fully saturated rings. The van der Waals surface area contributed by atoms with Crippen molar-refractivity contribution in [1.82, 2.24) is 20.3 Å². The minimum Gasteiger partial charge on any atom is -0.497 e. The summed E-state index contributed by atoms with van der Waals surface area (Å²) < 4.78 is 7.04. The van der Waals surface area contributed by atoms with Crippen molar-refractivity contribution in [2.45, 2.75) is 51.2 Å². The average molecular weight is 498 g/mol. The predicted molar refractivity (Wildman–Crippen MR) is 142 cm³/mol. The molecule has 1 N–H and O–H groups in total. The molecular weight excluding hydrogens is 466 g/mol. The number of aryl methyl sites for hydroxylation is 1. The Bertz CT molecular complexity index is 1390. The van der Waals surface area contributed by atoms with Gasteiger partial charge in [-0.05, 0) is 61.7 Å². The number of ether oxygens (including phenoxy) is 1. The van der Waals surface area contributed by atoms with Gasteiger partial charge in [0, 0.05) is 11.7 Å². The van der Waals surface area contributed by atoms with Crippen LogP contribution in [0.25, 0.3) is 11.0 Å². The van der Waals surface area contributed by atoms with Crippen LogP contribution < -0.4 is 15.0 Å². The Balaban J connectivity index is 1.58. The fraction of sp³-hybridized carbons (Fsp3) is 0.310. The second-order valence-electron chi connectivity index (χ2n) is 9.50. The summed E-state index contributed by atoms with van der Waals surface area (Å²) in [6.45, 7) is 1.93. The summed E-state index contributed by atoms with van der Waals surface area (Å²) in [7, 11) is 1.59. The van der Waals surface area contributed by atoms with Crippen LogP contribution in [0.3, 0.4) is 0 Å². The summed E-state index contributed by atoms with van der Waals surface area (Å²) in [4.78, 5) is 29.6. The van der Waals surface area contributed by atoms with Gasteiger partial charge in [0.2, 0.25) is 11.8 Å². The molecule has 1 heterocycles. The third kappa shape index (κ3) is 5.33. The van der Waals surface area contributed by atoms with Crippen LogP contribution in [0.15, 0.2) is 72.8 Å². The van der Waals surface area contributed by atoms with E-state index in [-0.39, 0.29) is 24.4 Å². The van der Waals surface area contributed by atoms with Gasteiger partial charge in [-0.3, -0.25) is 14.5 Å². The molecule has 1 atom stereocenters. The summed E-state index contributed by atoms with van der Waals surface area (Å²) in [6.07, 6.45) is 4.07. The zero-order valence-electron chi connectivity index (χ0n) is 21.1. The fourth-order valence-electron chi connectivity index (χ4n) is 4.96. The number of nitrogens with zero attached hydrogens (tertiary/aromatic N) is 4. The van der Waals surface area contributed by atoms with Crippen molar-refractivity contribution in [3.63, 3.8) is 0 Å². The number of aromatic nitrogens is 3. The predicted octanol–water partition coefficient (Wildman–Crippen LogP) is 4.58. The Labute approximate surface area is 216 Å². The van der Waals surface area contributed by atoms with Crippen LogP contribution in [-0.4, -0.2) is 40.0 Å². The number of hydrogen-bond acceptors (Lipinski definition) is 5. The highest BCUT2D eigenvalue weighted by Crippen LogP contribution is 2.31. The van der Waals surface area contributed by atoms with E-state index in [1.807, 2.05) is 79.7 Å². The molecule has 1 aliphatic rings. The Kier molecular flexibility index (Phi) is 7.16. The molecule has 8 nitrogen and oxygen atoms in total. The van der Waals surface area contributed by atoms with E-state index in [4.69, 9.17) is 4.74 Å². The number of anilines is 1. The number of para-hydroxylation sites is 1. The molecule has 0 radical (unpaired) electrons. The van der Waals surface area contributed by atoms with Crippen LogP contribution in [0.1, 0.15) is 42.9 Å². The average Bonchev–Trinajstić information content (AvgIpc) is 3.58. The molecule has 1 saturated carbocycles. The summed E-state index contributed by atoms with van der Waals surface area (Å²) in [5, 5.41) is 11.6. The number of nitrogens with one attached hydrogen (secondary N) is 1. The monoisotopic (exact) mass is 497 g/mol. The lowest BCUT2D eigenvalue weighted by Crippen LogP contribution is -2.47. The van der Waals surface area contributed by atoms with Crippen LogP contribution in [0.2, 0.25) is 0 Å². The lowest BCUT2D eigenvalue weighted by molar-refractivity contribution is -0.127. The number of fused-ring (bicyclic) bond motifs is 1. The third-order valence-corrected chi connectivity index (χ3v) is 6.90. The first kappa shape index (κ1) is 24.5. The van der Waals surface area contributed by atoms with Gasteiger partial charge in [0.05, 0.1) is 12.6 Å². The quantitative estimate of drug-likeness (QED) is 0.385. The van der Waals surface area contributed by atoms with Crippen LogP contribution >= 0.6 is 0 Å². The van der Waals surface area contributed by atoms with Crippen LogP contribution in [0.5, 0.6) is 5.75 Å². The van der Waals surface area contributed by atoms with E-state index in [1.165, 1.54) is 0 Å². The van der Waals surface area contributed by atoms with E-state index in [0.29, 0.717) is 22.5 Å². The first-order valence-corrected chi connectivity index (χ1v) is 12.6. The minimum absolute atomic E-state index is 0.0639. The number of amides is 2. The number of hydrogen-bond donors (Lipinski definition) is 1.